The van der Waals surface area contributed by atoms with Gasteiger partial charge in [0.15, 0.2) is 6.61 Å². The number of benzene rings is 1. The number of carbonyl (C=O) groups is 2. The Bertz CT molecular complexity index is 698. The van der Waals surface area contributed by atoms with Crippen LogP contribution in [0.15, 0.2) is 29.8 Å². The number of ether oxygens (including phenoxy) is 2. The van der Waals surface area contributed by atoms with Crippen molar-refractivity contribution in [2.45, 2.75) is 18.9 Å². The molecule has 1 aromatic rings. The number of esters is 1. The third-order valence-electron chi connectivity index (χ3n) is 3.95. The summed E-state index contributed by atoms with van der Waals surface area (Å²) in [6, 6.07) is 9.17. The Balaban J connectivity index is 1.85. The summed E-state index contributed by atoms with van der Waals surface area (Å²) in [5.74, 6) is -1.24. The van der Waals surface area contributed by atoms with E-state index in [4.69, 9.17) is 14.7 Å². The third kappa shape index (κ3) is 5.90. The van der Waals surface area contributed by atoms with E-state index in [2.05, 4.69) is 5.32 Å². The van der Waals surface area contributed by atoms with Crippen molar-refractivity contribution in [3.63, 3.8) is 0 Å². The molecule has 138 valence electrons. The molecule has 7 heteroatoms. The summed E-state index contributed by atoms with van der Waals surface area (Å²) in [6.07, 6.45) is 3.36. The number of anilines is 1. The molecule has 0 radical (unpaired) electrons. The fourth-order valence-corrected chi connectivity index (χ4v) is 2.47. The summed E-state index contributed by atoms with van der Waals surface area (Å²) in [5, 5.41) is 11.8. The van der Waals surface area contributed by atoms with Crippen LogP contribution in [0.4, 0.5) is 5.69 Å². The van der Waals surface area contributed by atoms with Gasteiger partial charge in [0, 0.05) is 32.9 Å². The zero-order chi connectivity index (χ0) is 18.9. The average molecular weight is 357 g/mol. The highest BCUT2D eigenvalue weighted by atomic mass is 16.5. The molecule has 1 aromatic carbocycles. The van der Waals surface area contributed by atoms with E-state index >= 15 is 0 Å². The Morgan fingerprint density at radius 3 is 2.69 bits per heavy atom. The lowest BCUT2D eigenvalue weighted by Crippen LogP contribution is -2.34. The zero-order valence-corrected chi connectivity index (χ0v) is 15.0. The van der Waals surface area contributed by atoms with E-state index in [0.29, 0.717) is 18.7 Å². The van der Waals surface area contributed by atoms with Crippen molar-refractivity contribution in [3.8, 4) is 6.07 Å². The topological polar surface area (TPSA) is 91.7 Å². The molecule has 0 spiro atoms. The second kappa shape index (κ2) is 9.59. The maximum Gasteiger partial charge on any atom is 0.349 e. The SMILES string of the molecule is CN(C)c1ccc(/C=C(/C#N)C(=O)OCC(=O)NC[C@H]2CCCO2)cc1. The highest BCUT2D eigenvalue weighted by molar-refractivity contribution is 5.98. The monoisotopic (exact) mass is 357 g/mol. The highest BCUT2D eigenvalue weighted by Crippen LogP contribution is 2.15. The molecule has 1 N–H and O–H groups in total. The van der Waals surface area contributed by atoms with Gasteiger partial charge in [-0.15, -0.1) is 0 Å². The van der Waals surface area contributed by atoms with E-state index in [-0.39, 0.29) is 11.7 Å². The first-order valence-electron chi connectivity index (χ1n) is 8.44. The van der Waals surface area contributed by atoms with Crippen LogP contribution in [0.5, 0.6) is 0 Å². The van der Waals surface area contributed by atoms with Crippen molar-refractivity contribution >= 4 is 23.6 Å². The molecule has 1 fully saturated rings. The fraction of sp³-hybridized carbons (Fsp3) is 0.421. The first kappa shape index (κ1) is 19.5. The number of rotatable bonds is 7. The van der Waals surface area contributed by atoms with E-state index in [1.807, 2.05) is 37.2 Å². The van der Waals surface area contributed by atoms with Crippen molar-refractivity contribution in [2.24, 2.45) is 0 Å². The van der Waals surface area contributed by atoms with Gasteiger partial charge in [0.1, 0.15) is 11.6 Å². The molecular weight excluding hydrogens is 334 g/mol. The highest BCUT2D eigenvalue weighted by Gasteiger charge is 2.17. The number of carbonyl (C=O) groups excluding carboxylic acids is 2. The van der Waals surface area contributed by atoms with Gasteiger partial charge in [-0.2, -0.15) is 5.26 Å². The van der Waals surface area contributed by atoms with Gasteiger partial charge in [-0.3, -0.25) is 4.79 Å². The molecule has 26 heavy (non-hydrogen) atoms. The van der Waals surface area contributed by atoms with Crippen molar-refractivity contribution < 1.29 is 19.1 Å². The van der Waals surface area contributed by atoms with E-state index in [1.54, 1.807) is 12.1 Å². The number of nitriles is 1. The fourth-order valence-electron chi connectivity index (χ4n) is 2.47. The molecule has 0 aliphatic carbocycles. The molecule has 1 atom stereocenters. The van der Waals surface area contributed by atoms with E-state index < -0.39 is 18.5 Å². The molecule has 1 aliphatic heterocycles. The number of nitrogens with one attached hydrogen (secondary N) is 1. The van der Waals surface area contributed by atoms with Crippen LogP contribution in [0.2, 0.25) is 0 Å². The van der Waals surface area contributed by atoms with Crippen molar-refractivity contribution in [1.82, 2.24) is 5.32 Å². The predicted octanol–water partition coefficient (Wildman–Crippen LogP) is 1.50. The molecule has 0 saturated carbocycles. The Morgan fingerprint density at radius 1 is 1.38 bits per heavy atom. The van der Waals surface area contributed by atoms with Crippen LogP contribution in [0.3, 0.4) is 0 Å². The van der Waals surface area contributed by atoms with Crippen molar-refractivity contribution in [3.05, 3.63) is 35.4 Å². The Hall–Kier alpha value is -2.85. The molecule has 1 heterocycles. The van der Waals surface area contributed by atoms with Gasteiger partial charge in [-0.05, 0) is 36.6 Å². The molecule has 1 saturated heterocycles. The maximum absolute atomic E-state index is 12.0. The largest absolute Gasteiger partial charge is 0.451 e. The van der Waals surface area contributed by atoms with Gasteiger partial charge < -0.3 is 19.7 Å². The van der Waals surface area contributed by atoms with Gasteiger partial charge in [0.25, 0.3) is 5.91 Å². The summed E-state index contributed by atoms with van der Waals surface area (Å²) < 4.78 is 10.3. The lowest BCUT2D eigenvalue weighted by Gasteiger charge is -2.12. The quantitative estimate of drug-likeness (QED) is 0.452. The molecule has 1 aliphatic rings. The van der Waals surface area contributed by atoms with Crippen LogP contribution in [0.25, 0.3) is 6.08 Å². The van der Waals surface area contributed by atoms with Crippen LogP contribution in [-0.4, -0.2) is 51.8 Å². The minimum absolute atomic E-state index is 0.0226. The Kier molecular flexibility index (Phi) is 7.18. The van der Waals surface area contributed by atoms with Crippen molar-refractivity contribution in [2.75, 3.05) is 38.8 Å². The van der Waals surface area contributed by atoms with E-state index in [0.717, 1.165) is 18.5 Å². The Labute approximate surface area is 153 Å². The summed E-state index contributed by atoms with van der Waals surface area (Å²) in [7, 11) is 3.85. The number of hydrogen-bond acceptors (Lipinski definition) is 6. The molecule has 0 aromatic heterocycles. The summed E-state index contributed by atoms with van der Waals surface area (Å²) in [5.41, 5.74) is 1.55. The normalized spacial score (nSPS) is 16.7. The number of amides is 1. The lowest BCUT2D eigenvalue weighted by molar-refractivity contribution is -0.144. The maximum atomic E-state index is 12.0. The van der Waals surface area contributed by atoms with Gasteiger partial charge >= 0.3 is 5.97 Å². The third-order valence-corrected chi connectivity index (χ3v) is 3.95. The van der Waals surface area contributed by atoms with E-state index in [9.17, 15) is 9.59 Å². The minimum atomic E-state index is -0.823. The number of nitrogens with zero attached hydrogens (tertiary/aromatic N) is 2. The first-order chi connectivity index (χ1) is 12.5. The van der Waals surface area contributed by atoms with Crippen LogP contribution in [0, 0.1) is 11.3 Å². The second-order valence-corrected chi connectivity index (χ2v) is 6.17. The molecule has 0 bridgehead atoms. The molecular formula is C19H23N3O4. The average Bonchev–Trinajstić information content (AvgIpc) is 3.16. The summed E-state index contributed by atoms with van der Waals surface area (Å²) in [4.78, 5) is 25.7. The zero-order valence-electron chi connectivity index (χ0n) is 15.0. The molecule has 7 nitrogen and oxygen atoms in total. The van der Waals surface area contributed by atoms with Crippen LogP contribution < -0.4 is 10.2 Å². The smallest absolute Gasteiger partial charge is 0.349 e. The second-order valence-electron chi connectivity index (χ2n) is 6.17. The van der Waals surface area contributed by atoms with Gasteiger partial charge in [0.2, 0.25) is 0 Å². The van der Waals surface area contributed by atoms with Gasteiger partial charge in [0.05, 0.1) is 6.10 Å². The summed E-state index contributed by atoms with van der Waals surface area (Å²) >= 11 is 0. The van der Waals surface area contributed by atoms with Crippen LogP contribution >= 0.6 is 0 Å². The lowest BCUT2D eigenvalue weighted by atomic mass is 10.1. The predicted molar refractivity (Wildman–Crippen MR) is 97.3 cm³/mol. The van der Waals surface area contributed by atoms with Gasteiger partial charge in [-0.25, -0.2) is 4.79 Å². The van der Waals surface area contributed by atoms with Gasteiger partial charge in [-0.1, -0.05) is 12.1 Å². The van der Waals surface area contributed by atoms with Crippen LogP contribution in [-0.2, 0) is 19.1 Å². The Morgan fingerprint density at radius 2 is 2.12 bits per heavy atom. The molecule has 1 amide bonds. The van der Waals surface area contributed by atoms with Crippen LogP contribution in [0.1, 0.15) is 18.4 Å². The van der Waals surface area contributed by atoms with Crippen molar-refractivity contribution in [1.29, 1.82) is 5.26 Å². The molecule has 2 rings (SSSR count). The first-order valence-corrected chi connectivity index (χ1v) is 8.44. The van der Waals surface area contributed by atoms with E-state index in [1.165, 1.54) is 6.08 Å². The summed E-state index contributed by atoms with van der Waals surface area (Å²) in [6.45, 7) is 0.682. The molecule has 0 unspecified atom stereocenters. The minimum Gasteiger partial charge on any atom is -0.451 e. The number of hydrogen-bond donors (Lipinski definition) is 1. The standard InChI is InChI=1S/C19H23N3O4/c1-22(2)16-7-5-14(6-8-16)10-15(11-20)19(24)26-13-18(23)21-12-17-4-3-9-25-17/h5-8,10,17H,3-4,9,12-13H2,1-2H3,(H,21,23)/b15-10-/t17-/m1/s1.